The Hall–Kier alpha value is -6.45. The summed E-state index contributed by atoms with van der Waals surface area (Å²) in [6, 6.07) is 58.5. The molecule has 52 heavy (non-hydrogen) atoms. The van der Waals surface area contributed by atoms with E-state index in [0.717, 1.165) is 28.7 Å². The SMILES string of the molecule is CC1(C)c2ccccc2-c2ccc(-c3cccc4c3Cc3cccc(-c5cccc(-c6nc(-c7ccccc7)nc(-c7ccccc7)n6)c5)c3-4)cc21. The first-order valence-corrected chi connectivity index (χ1v) is 18.0. The molecule has 0 N–H and O–H groups in total. The van der Waals surface area contributed by atoms with Crippen molar-refractivity contribution in [2.45, 2.75) is 25.7 Å². The Balaban J connectivity index is 1.07. The number of hydrogen-bond acceptors (Lipinski definition) is 3. The van der Waals surface area contributed by atoms with Gasteiger partial charge in [0.05, 0.1) is 0 Å². The second kappa shape index (κ2) is 11.8. The predicted molar refractivity (Wildman–Crippen MR) is 213 cm³/mol. The van der Waals surface area contributed by atoms with E-state index in [1.54, 1.807) is 0 Å². The molecule has 0 saturated carbocycles. The monoisotopic (exact) mass is 665 g/mol. The minimum absolute atomic E-state index is 0.0384. The third-order valence-electron chi connectivity index (χ3n) is 11.0. The quantitative estimate of drug-likeness (QED) is 0.184. The molecule has 10 rings (SSSR count). The van der Waals surface area contributed by atoms with Gasteiger partial charge in [-0.15, -0.1) is 0 Å². The Labute approximate surface area is 304 Å². The van der Waals surface area contributed by atoms with Crippen LogP contribution >= 0.6 is 0 Å². The highest BCUT2D eigenvalue weighted by Gasteiger charge is 2.35. The molecule has 1 heterocycles. The van der Waals surface area contributed by atoms with E-state index in [1.165, 1.54) is 61.2 Å². The fraction of sp³-hybridized carbons (Fsp3) is 0.0816. The van der Waals surface area contributed by atoms with Crippen LogP contribution in [-0.2, 0) is 11.8 Å². The number of rotatable bonds is 5. The van der Waals surface area contributed by atoms with Gasteiger partial charge in [-0.05, 0) is 85.3 Å². The van der Waals surface area contributed by atoms with Gasteiger partial charge < -0.3 is 0 Å². The molecule has 0 atom stereocenters. The molecule has 3 nitrogen and oxygen atoms in total. The summed E-state index contributed by atoms with van der Waals surface area (Å²) in [5, 5.41) is 0. The van der Waals surface area contributed by atoms with E-state index in [4.69, 9.17) is 15.0 Å². The molecular formula is C49H35N3. The zero-order valence-corrected chi connectivity index (χ0v) is 29.1. The smallest absolute Gasteiger partial charge is 0.164 e. The summed E-state index contributed by atoms with van der Waals surface area (Å²) in [7, 11) is 0. The van der Waals surface area contributed by atoms with E-state index >= 15 is 0 Å². The lowest BCUT2D eigenvalue weighted by atomic mass is 9.81. The van der Waals surface area contributed by atoms with Crippen LogP contribution in [0.3, 0.4) is 0 Å². The predicted octanol–water partition coefficient (Wildman–Crippen LogP) is 12.1. The molecule has 3 heteroatoms. The van der Waals surface area contributed by atoms with Gasteiger partial charge in [-0.1, -0.05) is 166 Å². The highest BCUT2D eigenvalue weighted by Crippen LogP contribution is 2.51. The van der Waals surface area contributed by atoms with Crippen molar-refractivity contribution < 1.29 is 0 Å². The fourth-order valence-corrected chi connectivity index (χ4v) is 8.41. The summed E-state index contributed by atoms with van der Waals surface area (Å²) in [6.07, 6.45) is 0.906. The summed E-state index contributed by atoms with van der Waals surface area (Å²) in [5.74, 6) is 1.98. The van der Waals surface area contributed by atoms with Crippen molar-refractivity contribution in [1.82, 2.24) is 15.0 Å². The number of fused-ring (bicyclic) bond motifs is 6. The summed E-state index contributed by atoms with van der Waals surface area (Å²) < 4.78 is 0. The van der Waals surface area contributed by atoms with Gasteiger partial charge in [0.2, 0.25) is 0 Å². The van der Waals surface area contributed by atoms with Crippen LogP contribution in [-0.4, -0.2) is 15.0 Å². The van der Waals surface area contributed by atoms with E-state index in [1.807, 2.05) is 60.7 Å². The molecule has 0 saturated heterocycles. The maximum absolute atomic E-state index is 5.01. The highest BCUT2D eigenvalue weighted by molar-refractivity contribution is 5.95. The third kappa shape index (κ3) is 4.85. The van der Waals surface area contributed by atoms with Crippen molar-refractivity contribution >= 4 is 0 Å². The van der Waals surface area contributed by atoms with Crippen molar-refractivity contribution in [3.05, 3.63) is 186 Å². The van der Waals surface area contributed by atoms with Crippen LogP contribution in [0, 0.1) is 0 Å². The van der Waals surface area contributed by atoms with Crippen molar-refractivity contribution in [2.75, 3.05) is 0 Å². The molecule has 0 bridgehead atoms. The van der Waals surface area contributed by atoms with Gasteiger partial charge >= 0.3 is 0 Å². The van der Waals surface area contributed by atoms with Gasteiger partial charge in [0.15, 0.2) is 17.5 Å². The molecule has 0 amide bonds. The third-order valence-corrected chi connectivity index (χ3v) is 11.0. The van der Waals surface area contributed by atoms with E-state index in [-0.39, 0.29) is 5.41 Å². The van der Waals surface area contributed by atoms with Gasteiger partial charge in [0.25, 0.3) is 0 Å². The van der Waals surface area contributed by atoms with Crippen molar-refractivity contribution in [2.24, 2.45) is 0 Å². The molecule has 0 aliphatic heterocycles. The Bertz CT molecular complexity index is 2620. The molecule has 0 radical (unpaired) electrons. The molecule has 8 aromatic rings. The summed E-state index contributed by atoms with van der Waals surface area (Å²) >= 11 is 0. The second-order valence-corrected chi connectivity index (χ2v) is 14.4. The molecule has 1 aromatic heterocycles. The van der Waals surface area contributed by atoms with Crippen LogP contribution in [0.5, 0.6) is 0 Å². The largest absolute Gasteiger partial charge is 0.208 e. The van der Waals surface area contributed by atoms with Gasteiger partial charge in [0.1, 0.15) is 0 Å². The second-order valence-electron chi connectivity index (χ2n) is 14.4. The Morgan fingerprint density at radius 3 is 1.65 bits per heavy atom. The van der Waals surface area contributed by atoms with Crippen molar-refractivity contribution in [3.8, 4) is 78.7 Å². The average Bonchev–Trinajstić information content (AvgIpc) is 3.70. The van der Waals surface area contributed by atoms with Gasteiger partial charge in [-0.25, -0.2) is 15.0 Å². The van der Waals surface area contributed by atoms with E-state index in [2.05, 4.69) is 117 Å². The zero-order chi connectivity index (χ0) is 34.8. The lowest BCUT2D eigenvalue weighted by molar-refractivity contribution is 0.660. The Morgan fingerprint density at radius 1 is 0.385 bits per heavy atom. The number of benzene rings is 7. The summed E-state index contributed by atoms with van der Waals surface area (Å²) in [6.45, 7) is 4.71. The Morgan fingerprint density at radius 2 is 0.904 bits per heavy atom. The molecular weight excluding hydrogens is 631 g/mol. The molecule has 2 aliphatic rings. The fourth-order valence-electron chi connectivity index (χ4n) is 8.41. The standard InChI is InChI=1S/C49H35N3/c1-49(2)43-25-10-9-21-39(43)40-27-26-34(30-44(40)49)37-22-13-24-41-42(37)29-35-19-12-23-38(45(35)41)33-18-11-20-36(28-33)48-51-46(31-14-5-3-6-15-31)50-47(52-48)32-16-7-4-8-17-32/h3-28,30H,29H2,1-2H3. The van der Waals surface area contributed by atoms with Crippen LogP contribution in [0.4, 0.5) is 0 Å². The molecule has 2 aliphatic carbocycles. The summed E-state index contributed by atoms with van der Waals surface area (Å²) in [4.78, 5) is 14.9. The maximum atomic E-state index is 5.01. The number of aromatic nitrogens is 3. The number of nitrogens with zero attached hydrogens (tertiary/aromatic N) is 3. The first-order valence-electron chi connectivity index (χ1n) is 18.0. The van der Waals surface area contributed by atoms with Crippen LogP contribution in [0.25, 0.3) is 78.7 Å². The lowest BCUT2D eigenvalue weighted by Crippen LogP contribution is -2.14. The van der Waals surface area contributed by atoms with Crippen molar-refractivity contribution in [3.63, 3.8) is 0 Å². The first-order chi connectivity index (χ1) is 25.5. The molecule has 0 spiro atoms. The van der Waals surface area contributed by atoms with Gasteiger partial charge in [-0.3, -0.25) is 0 Å². The first kappa shape index (κ1) is 30.4. The maximum Gasteiger partial charge on any atom is 0.164 e. The normalized spacial score (nSPS) is 13.3. The number of hydrogen-bond donors (Lipinski definition) is 0. The minimum Gasteiger partial charge on any atom is -0.208 e. The van der Waals surface area contributed by atoms with Crippen LogP contribution < -0.4 is 0 Å². The van der Waals surface area contributed by atoms with Crippen LogP contribution in [0.1, 0.15) is 36.1 Å². The molecule has 246 valence electrons. The average molecular weight is 666 g/mol. The lowest BCUT2D eigenvalue weighted by Gasteiger charge is -2.22. The topological polar surface area (TPSA) is 38.7 Å². The van der Waals surface area contributed by atoms with E-state index in [9.17, 15) is 0 Å². The van der Waals surface area contributed by atoms with Crippen LogP contribution in [0.15, 0.2) is 164 Å². The minimum atomic E-state index is -0.0384. The molecule has 0 fully saturated rings. The molecule has 7 aromatic carbocycles. The zero-order valence-electron chi connectivity index (χ0n) is 29.1. The van der Waals surface area contributed by atoms with Crippen LogP contribution in [0.2, 0.25) is 0 Å². The van der Waals surface area contributed by atoms with E-state index < -0.39 is 0 Å². The Kier molecular flexibility index (Phi) is 6.91. The van der Waals surface area contributed by atoms with E-state index in [0.29, 0.717) is 17.5 Å². The summed E-state index contributed by atoms with van der Waals surface area (Å²) in [5.41, 5.74) is 18.7. The highest BCUT2D eigenvalue weighted by atomic mass is 15.0. The van der Waals surface area contributed by atoms with Gasteiger partial charge in [0, 0.05) is 22.1 Å². The van der Waals surface area contributed by atoms with Crippen molar-refractivity contribution in [1.29, 1.82) is 0 Å². The molecule has 0 unspecified atom stereocenters. The van der Waals surface area contributed by atoms with Gasteiger partial charge in [-0.2, -0.15) is 0 Å².